The van der Waals surface area contributed by atoms with Crippen LogP contribution in [0.2, 0.25) is 0 Å². The molecule has 23 heavy (non-hydrogen) atoms. The second-order valence-corrected chi connectivity index (χ2v) is 7.03. The van der Waals surface area contributed by atoms with Gasteiger partial charge in [-0.25, -0.2) is 0 Å². The van der Waals surface area contributed by atoms with E-state index in [1.807, 2.05) is 6.07 Å². The number of ketones is 1. The predicted octanol–water partition coefficient (Wildman–Crippen LogP) is 5.06. The van der Waals surface area contributed by atoms with Gasteiger partial charge >= 0.3 is 0 Å². The third-order valence-electron chi connectivity index (χ3n) is 5.93. The second-order valence-electron chi connectivity index (χ2n) is 7.03. The van der Waals surface area contributed by atoms with Gasteiger partial charge in [0.2, 0.25) is 0 Å². The van der Waals surface area contributed by atoms with E-state index in [9.17, 15) is 4.79 Å². The van der Waals surface area contributed by atoms with Crippen LogP contribution in [0.5, 0.6) is 0 Å². The molecule has 0 spiro atoms. The summed E-state index contributed by atoms with van der Waals surface area (Å²) >= 11 is 0. The maximum atomic E-state index is 13.0. The van der Waals surface area contributed by atoms with Crippen LogP contribution in [-0.2, 0) is 12.8 Å². The molecule has 0 heterocycles. The first-order valence-corrected chi connectivity index (χ1v) is 8.44. The van der Waals surface area contributed by atoms with Crippen LogP contribution in [0.3, 0.4) is 0 Å². The molecule has 0 aliphatic heterocycles. The normalized spacial score (nSPS) is 19.2. The fourth-order valence-electron chi connectivity index (χ4n) is 4.15. The van der Waals surface area contributed by atoms with Crippen LogP contribution in [0, 0.1) is 27.7 Å². The number of rotatable bonds is 0. The van der Waals surface area contributed by atoms with E-state index in [1.54, 1.807) is 0 Å². The van der Waals surface area contributed by atoms with Crippen LogP contribution in [0.4, 0.5) is 0 Å². The maximum Gasteiger partial charge on any atom is 0.189 e. The topological polar surface area (TPSA) is 17.1 Å². The minimum atomic E-state index is 0.254. The van der Waals surface area contributed by atoms with Crippen molar-refractivity contribution in [3.8, 4) is 0 Å². The molecule has 2 aromatic rings. The Morgan fingerprint density at radius 3 is 2.00 bits per heavy atom. The number of hydrogen-bond acceptors (Lipinski definition) is 1. The molecule has 0 saturated carbocycles. The van der Waals surface area contributed by atoms with Crippen LogP contribution in [-0.4, -0.2) is 5.78 Å². The van der Waals surface area contributed by atoms with Crippen LogP contribution in [0.15, 0.2) is 29.8 Å². The van der Waals surface area contributed by atoms with Crippen molar-refractivity contribution in [2.24, 2.45) is 0 Å². The lowest BCUT2D eigenvalue weighted by atomic mass is 9.95. The van der Waals surface area contributed by atoms with Crippen molar-refractivity contribution in [1.29, 1.82) is 0 Å². The van der Waals surface area contributed by atoms with E-state index in [1.165, 1.54) is 44.5 Å². The van der Waals surface area contributed by atoms with Gasteiger partial charge in [-0.3, -0.25) is 4.79 Å². The van der Waals surface area contributed by atoms with Gasteiger partial charge in [-0.15, -0.1) is 0 Å². The minimum absolute atomic E-state index is 0.254. The Hall–Kier alpha value is -2.15. The molecule has 0 amide bonds. The number of carbonyl (C=O) groups excluding carboxylic acids is 1. The Morgan fingerprint density at radius 2 is 1.30 bits per heavy atom. The molecule has 2 aliphatic rings. The first-order chi connectivity index (χ1) is 11.0. The summed E-state index contributed by atoms with van der Waals surface area (Å²) < 4.78 is 0. The Balaban J connectivity index is 1.89. The van der Waals surface area contributed by atoms with Crippen LogP contribution >= 0.6 is 0 Å². The van der Waals surface area contributed by atoms with E-state index >= 15 is 0 Å². The number of carbonyl (C=O) groups is 1. The van der Waals surface area contributed by atoms with Crippen molar-refractivity contribution in [2.45, 2.75) is 47.0 Å². The number of allylic oxidation sites excluding steroid dienone is 2. The summed E-state index contributed by atoms with van der Waals surface area (Å²) in [6, 6.07) is 8.52. The molecule has 1 heteroatoms. The Morgan fingerprint density at radius 1 is 0.696 bits per heavy atom. The largest absolute Gasteiger partial charge is 0.289 e. The van der Waals surface area contributed by atoms with Crippen molar-refractivity contribution in [2.75, 3.05) is 0 Å². The van der Waals surface area contributed by atoms with Crippen LogP contribution in [0.1, 0.15) is 55.7 Å². The summed E-state index contributed by atoms with van der Waals surface area (Å²) in [6.07, 6.45) is 2.89. The zero-order chi connectivity index (χ0) is 16.3. The lowest BCUT2D eigenvalue weighted by Gasteiger charge is -2.09. The predicted molar refractivity (Wildman–Crippen MR) is 95.1 cm³/mol. The van der Waals surface area contributed by atoms with Gasteiger partial charge in [0, 0.05) is 17.6 Å². The van der Waals surface area contributed by atoms with E-state index in [0.29, 0.717) is 0 Å². The SMILES string of the molecule is Cc1ccc2c(c1C)C/C(=C1/CCc3c1ccc(C)c3C)C2=O. The van der Waals surface area contributed by atoms with Gasteiger partial charge in [-0.05, 0) is 85.1 Å². The number of hydrogen-bond donors (Lipinski definition) is 0. The molecule has 0 unspecified atom stereocenters. The molecule has 0 saturated heterocycles. The molecule has 2 aliphatic carbocycles. The highest BCUT2D eigenvalue weighted by atomic mass is 16.1. The minimum Gasteiger partial charge on any atom is -0.289 e. The summed E-state index contributed by atoms with van der Waals surface area (Å²) in [7, 11) is 0. The van der Waals surface area contributed by atoms with E-state index in [2.05, 4.69) is 45.9 Å². The monoisotopic (exact) mass is 302 g/mol. The molecule has 0 fully saturated rings. The zero-order valence-electron chi connectivity index (χ0n) is 14.3. The molecular weight excluding hydrogens is 280 g/mol. The third-order valence-corrected chi connectivity index (χ3v) is 5.93. The number of aryl methyl sites for hydroxylation is 2. The summed E-state index contributed by atoms with van der Waals surface area (Å²) in [5.41, 5.74) is 12.6. The van der Waals surface area contributed by atoms with Gasteiger partial charge in [0.05, 0.1) is 0 Å². The molecule has 2 aromatic carbocycles. The summed E-state index contributed by atoms with van der Waals surface area (Å²) in [5.74, 6) is 0.254. The Kier molecular flexibility index (Phi) is 3.09. The first-order valence-electron chi connectivity index (χ1n) is 8.44. The van der Waals surface area contributed by atoms with E-state index in [-0.39, 0.29) is 5.78 Å². The average molecular weight is 302 g/mol. The zero-order valence-corrected chi connectivity index (χ0v) is 14.3. The van der Waals surface area contributed by atoms with Gasteiger partial charge in [-0.1, -0.05) is 24.3 Å². The van der Waals surface area contributed by atoms with Crippen molar-refractivity contribution >= 4 is 11.4 Å². The molecule has 0 aromatic heterocycles. The fourth-order valence-corrected chi connectivity index (χ4v) is 4.15. The molecule has 4 rings (SSSR count). The fraction of sp³-hybridized carbons (Fsp3) is 0.318. The van der Waals surface area contributed by atoms with Gasteiger partial charge in [-0.2, -0.15) is 0 Å². The molecular formula is C22H22O. The van der Waals surface area contributed by atoms with E-state index in [4.69, 9.17) is 0 Å². The third kappa shape index (κ3) is 1.96. The summed E-state index contributed by atoms with van der Waals surface area (Å²) in [4.78, 5) is 13.0. The van der Waals surface area contributed by atoms with Crippen LogP contribution < -0.4 is 0 Å². The molecule has 0 N–H and O–H groups in total. The molecule has 1 nitrogen and oxygen atoms in total. The number of Topliss-reactive ketones (excluding diaryl/α,β-unsaturated/α-hetero) is 1. The Labute approximate surface area is 138 Å². The second kappa shape index (κ2) is 4.92. The quantitative estimate of drug-likeness (QED) is 0.622. The van der Waals surface area contributed by atoms with Crippen molar-refractivity contribution < 1.29 is 4.79 Å². The molecule has 0 bridgehead atoms. The van der Waals surface area contributed by atoms with Crippen LogP contribution in [0.25, 0.3) is 5.57 Å². The molecule has 0 atom stereocenters. The average Bonchev–Trinajstić information content (AvgIpc) is 3.09. The van der Waals surface area contributed by atoms with Gasteiger partial charge in [0.1, 0.15) is 0 Å². The highest BCUT2D eigenvalue weighted by Crippen LogP contribution is 2.42. The van der Waals surface area contributed by atoms with Gasteiger partial charge in [0.15, 0.2) is 5.78 Å². The lowest BCUT2D eigenvalue weighted by Crippen LogP contribution is -1.99. The molecule has 116 valence electrons. The lowest BCUT2D eigenvalue weighted by molar-refractivity contribution is 0.104. The number of fused-ring (bicyclic) bond motifs is 2. The summed E-state index contributed by atoms with van der Waals surface area (Å²) in [6.45, 7) is 8.65. The van der Waals surface area contributed by atoms with E-state index in [0.717, 1.165) is 30.4 Å². The summed E-state index contributed by atoms with van der Waals surface area (Å²) in [5, 5.41) is 0. The highest BCUT2D eigenvalue weighted by molar-refractivity contribution is 6.17. The van der Waals surface area contributed by atoms with E-state index < -0.39 is 0 Å². The smallest absolute Gasteiger partial charge is 0.189 e. The molecule has 0 radical (unpaired) electrons. The van der Waals surface area contributed by atoms with Crippen molar-refractivity contribution in [3.63, 3.8) is 0 Å². The first kappa shape index (κ1) is 14.4. The van der Waals surface area contributed by atoms with Gasteiger partial charge in [0.25, 0.3) is 0 Å². The van der Waals surface area contributed by atoms with Gasteiger partial charge < -0.3 is 0 Å². The Bertz CT molecular complexity index is 897. The number of benzene rings is 2. The van der Waals surface area contributed by atoms with Crippen molar-refractivity contribution in [1.82, 2.24) is 0 Å². The van der Waals surface area contributed by atoms with Crippen molar-refractivity contribution in [3.05, 3.63) is 74.3 Å². The highest BCUT2D eigenvalue weighted by Gasteiger charge is 2.32. The standard InChI is InChI=1S/C22H22O/c1-12-5-7-17-16(14(12)3)9-10-18(17)21-11-20-15(4)13(2)6-8-19(20)22(21)23/h5-8H,9-11H2,1-4H3/b21-18+. The maximum absolute atomic E-state index is 13.0.